The second-order valence-corrected chi connectivity index (χ2v) is 3.15. The molecule has 0 spiro atoms. The van der Waals surface area contributed by atoms with Crippen LogP contribution in [0.3, 0.4) is 0 Å². The molecule has 0 aromatic heterocycles. The van der Waals surface area contributed by atoms with Gasteiger partial charge in [-0.2, -0.15) is 0 Å². The smallest absolute Gasteiger partial charge is 0.336 e. The zero-order valence-corrected chi connectivity index (χ0v) is 7.18. The first-order valence-corrected chi connectivity index (χ1v) is 3.65. The van der Waals surface area contributed by atoms with Crippen LogP contribution in [0.15, 0.2) is 0 Å². The fourth-order valence-corrected chi connectivity index (χ4v) is 1.12. The molecule has 2 atom stereocenters. The van der Waals surface area contributed by atoms with Crippen LogP contribution < -0.4 is 0 Å². The van der Waals surface area contributed by atoms with Crippen molar-refractivity contribution in [3.63, 3.8) is 0 Å². The fourth-order valence-electron chi connectivity index (χ4n) is 1.12. The topological polar surface area (TPSA) is 93.1 Å². The number of aliphatic carboxylic acids is 2. The van der Waals surface area contributed by atoms with E-state index in [9.17, 15) is 9.59 Å². The molecule has 0 amide bonds. The molecule has 0 saturated carbocycles. The highest BCUT2D eigenvalue weighted by atomic mass is 16.8. The van der Waals surface area contributed by atoms with E-state index in [1.54, 1.807) is 0 Å². The normalized spacial score (nSPS) is 31.5. The van der Waals surface area contributed by atoms with Crippen LogP contribution in [0, 0.1) is 0 Å². The highest BCUT2D eigenvalue weighted by Gasteiger charge is 2.49. The maximum atomic E-state index is 10.5. The van der Waals surface area contributed by atoms with Gasteiger partial charge in [-0.3, -0.25) is 0 Å². The molecule has 1 fully saturated rings. The summed E-state index contributed by atoms with van der Waals surface area (Å²) in [6.45, 7) is 2.93. The van der Waals surface area contributed by atoms with E-state index in [4.69, 9.17) is 19.7 Å². The Bertz CT molecular complexity index is 221. The van der Waals surface area contributed by atoms with E-state index in [1.165, 1.54) is 13.8 Å². The molecule has 6 heteroatoms. The molecule has 0 radical (unpaired) electrons. The van der Waals surface area contributed by atoms with E-state index in [0.29, 0.717) is 0 Å². The minimum atomic E-state index is -1.44. The Morgan fingerprint density at radius 2 is 1.38 bits per heavy atom. The average Bonchev–Trinajstić information content (AvgIpc) is 2.26. The molecule has 0 bridgehead atoms. The lowest BCUT2D eigenvalue weighted by Crippen LogP contribution is -2.36. The van der Waals surface area contributed by atoms with E-state index < -0.39 is 29.9 Å². The second-order valence-electron chi connectivity index (χ2n) is 3.15. The fraction of sp³-hybridized carbons (Fsp3) is 0.714. The van der Waals surface area contributed by atoms with Gasteiger partial charge in [0.15, 0.2) is 18.0 Å². The van der Waals surface area contributed by atoms with Gasteiger partial charge in [0.1, 0.15) is 0 Å². The van der Waals surface area contributed by atoms with E-state index in [0.717, 1.165) is 0 Å². The van der Waals surface area contributed by atoms with Crippen molar-refractivity contribution in [2.75, 3.05) is 0 Å². The number of carboxylic acids is 2. The van der Waals surface area contributed by atoms with Crippen molar-refractivity contribution in [2.24, 2.45) is 0 Å². The summed E-state index contributed by atoms with van der Waals surface area (Å²) in [4.78, 5) is 21.1. The second kappa shape index (κ2) is 2.97. The van der Waals surface area contributed by atoms with Crippen LogP contribution in [0.5, 0.6) is 0 Å². The molecule has 0 aromatic rings. The van der Waals surface area contributed by atoms with Gasteiger partial charge in [-0.15, -0.1) is 0 Å². The van der Waals surface area contributed by atoms with Gasteiger partial charge in [-0.05, 0) is 13.8 Å². The zero-order chi connectivity index (χ0) is 10.2. The van der Waals surface area contributed by atoms with Gasteiger partial charge in [0.25, 0.3) is 0 Å². The number of carbonyl (C=O) groups is 2. The van der Waals surface area contributed by atoms with E-state index >= 15 is 0 Å². The zero-order valence-electron chi connectivity index (χ0n) is 7.18. The van der Waals surface area contributed by atoms with Crippen molar-refractivity contribution < 1.29 is 29.3 Å². The molecule has 6 nitrogen and oxygen atoms in total. The molecule has 74 valence electrons. The molecule has 1 aliphatic heterocycles. The summed E-state index contributed by atoms with van der Waals surface area (Å²) >= 11 is 0. The quantitative estimate of drug-likeness (QED) is 0.619. The lowest BCUT2D eigenvalue weighted by Gasteiger charge is -2.15. The van der Waals surface area contributed by atoms with Crippen molar-refractivity contribution in [1.29, 1.82) is 0 Å². The van der Waals surface area contributed by atoms with Gasteiger partial charge in [-0.1, -0.05) is 0 Å². The standard InChI is InChI=1S/C7H10O6/c1-7(2)12-3(5(8)9)4(13-7)6(10)11/h3-4H,1-2H3,(H,8,9)(H,10,11)/t3-,4-/m1/s1. The van der Waals surface area contributed by atoms with Crippen molar-refractivity contribution in [3.8, 4) is 0 Å². The van der Waals surface area contributed by atoms with E-state index in [1.807, 2.05) is 0 Å². The lowest BCUT2D eigenvalue weighted by atomic mass is 10.2. The van der Waals surface area contributed by atoms with Crippen LogP contribution in [-0.4, -0.2) is 40.1 Å². The van der Waals surface area contributed by atoms with Crippen LogP contribution in [0.4, 0.5) is 0 Å². The first kappa shape index (κ1) is 9.94. The van der Waals surface area contributed by atoms with E-state index in [-0.39, 0.29) is 0 Å². The highest BCUT2D eigenvalue weighted by molar-refractivity contribution is 5.84. The maximum absolute atomic E-state index is 10.5. The molecule has 2 N–H and O–H groups in total. The van der Waals surface area contributed by atoms with Gasteiger partial charge < -0.3 is 19.7 Å². The van der Waals surface area contributed by atoms with Crippen LogP contribution in [-0.2, 0) is 19.1 Å². The molecule has 0 unspecified atom stereocenters. The minimum absolute atomic E-state index is 1.16. The van der Waals surface area contributed by atoms with Crippen LogP contribution in [0.2, 0.25) is 0 Å². The molecule has 1 saturated heterocycles. The third-order valence-electron chi connectivity index (χ3n) is 1.58. The average molecular weight is 190 g/mol. The van der Waals surface area contributed by atoms with Crippen molar-refractivity contribution in [1.82, 2.24) is 0 Å². The predicted molar refractivity (Wildman–Crippen MR) is 39.1 cm³/mol. The van der Waals surface area contributed by atoms with Gasteiger partial charge in [-0.25, -0.2) is 9.59 Å². The molecule has 0 aromatic carbocycles. The van der Waals surface area contributed by atoms with Gasteiger partial charge in [0.2, 0.25) is 0 Å². The SMILES string of the molecule is CC1(C)O[C@@H](C(=O)O)[C@H](C(=O)O)O1. The monoisotopic (exact) mass is 190 g/mol. The Kier molecular flexibility index (Phi) is 2.27. The van der Waals surface area contributed by atoms with Gasteiger partial charge in [0, 0.05) is 0 Å². The number of carboxylic acid groups (broad SMARTS) is 2. The Morgan fingerprint density at radius 3 is 1.62 bits per heavy atom. The Balaban J connectivity index is 2.83. The third-order valence-corrected chi connectivity index (χ3v) is 1.58. The third kappa shape index (κ3) is 1.96. The van der Waals surface area contributed by atoms with Crippen LogP contribution in [0.1, 0.15) is 13.8 Å². The summed E-state index contributed by atoms with van der Waals surface area (Å²) in [6, 6.07) is 0. The minimum Gasteiger partial charge on any atom is -0.479 e. The van der Waals surface area contributed by atoms with Crippen molar-refractivity contribution in [2.45, 2.75) is 31.8 Å². The van der Waals surface area contributed by atoms with Gasteiger partial charge >= 0.3 is 11.9 Å². The lowest BCUT2D eigenvalue weighted by molar-refractivity contribution is -0.169. The Morgan fingerprint density at radius 1 is 1.08 bits per heavy atom. The highest BCUT2D eigenvalue weighted by Crippen LogP contribution is 2.28. The summed E-state index contributed by atoms with van der Waals surface area (Å²) < 4.78 is 9.76. The number of ether oxygens (including phenoxy) is 2. The number of hydrogen-bond donors (Lipinski definition) is 2. The van der Waals surface area contributed by atoms with Crippen LogP contribution in [0.25, 0.3) is 0 Å². The summed E-state index contributed by atoms with van der Waals surface area (Å²) in [5.41, 5.74) is 0. The Hall–Kier alpha value is -1.14. The molecule has 0 aliphatic carbocycles. The number of rotatable bonds is 2. The van der Waals surface area contributed by atoms with E-state index in [2.05, 4.69) is 0 Å². The molecule has 1 aliphatic rings. The van der Waals surface area contributed by atoms with Crippen LogP contribution >= 0.6 is 0 Å². The summed E-state index contributed by atoms with van der Waals surface area (Å²) in [5, 5.41) is 17.2. The largest absolute Gasteiger partial charge is 0.479 e. The first-order valence-electron chi connectivity index (χ1n) is 3.65. The molecule has 1 rings (SSSR count). The number of hydrogen-bond acceptors (Lipinski definition) is 4. The first-order chi connectivity index (χ1) is 5.83. The molecular weight excluding hydrogens is 180 g/mol. The Labute approximate surface area is 74.1 Å². The van der Waals surface area contributed by atoms with Gasteiger partial charge in [0.05, 0.1) is 0 Å². The molecular formula is C7H10O6. The molecule has 13 heavy (non-hydrogen) atoms. The van der Waals surface area contributed by atoms with Crippen molar-refractivity contribution in [3.05, 3.63) is 0 Å². The predicted octanol–water partition coefficient (Wildman–Crippen LogP) is -0.324. The van der Waals surface area contributed by atoms with Crippen molar-refractivity contribution >= 4 is 11.9 Å². The summed E-state index contributed by atoms with van der Waals surface area (Å²) in [5.74, 6) is -3.83. The summed E-state index contributed by atoms with van der Waals surface area (Å²) in [6.07, 6.45) is -2.88. The maximum Gasteiger partial charge on any atom is 0.336 e. The summed E-state index contributed by atoms with van der Waals surface area (Å²) in [7, 11) is 0. The molecule has 1 heterocycles.